The highest BCUT2D eigenvalue weighted by Gasteiger charge is 2.32. The van der Waals surface area contributed by atoms with E-state index in [1.165, 1.54) is 6.07 Å². The van der Waals surface area contributed by atoms with E-state index >= 15 is 0 Å². The lowest BCUT2D eigenvalue weighted by Crippen LogP contribution is -2.14. The summed E-state index contributed by atoms with van der Waals surface area (Å²) in [6.07, 6.45) is -3.58. The third kappa shape index (κ3) is 3.43. The minimum atomic E-state index is -4.59. The summed E-state index contributed by atoms with van der Waals surface area (Å²) in [6, 6.07) is 8.69. The zero-order chi connectivity index (χ0) is 18.9. The number of H-pyrrole nitrogens is 1. The van der Waals surface area contributed by atoms with Crippen molar-refractivity contribution in [2.75, 3.05) is 11.1 Å². The van der Waals surface area contributed by atoms with E-state index in [1.54, 1.807) is 24.3 Å². The average Bonchev–Trinajstić information content (AvgIpc) is 2.99. The van der Waals surface area contributed by atoms with Crippen LogP contribution in [0, 0.1) is 0 Å². The number of benzene rings is 1. The summed E-state index contributed by atoms with van der Waals surface area (Å²) in [4.78, 5) is 15.1. The Morgan fingerprint density at radius 3 is 2.46 bits per heavy atom. The zero-order valence-corrected chi connectivity index (χ0v) is 13.1. The van der Waals surface area contributed by atoms with Gasteiger partial charge in [-0.3, -0.25) is 14.9 Å². The van der Waals surface area contributed by atoms with E-state index in [1.807, 2.05) is 0 Å². The molecular weight excluding hydrogens is 349 g/mol. The van der Waals surface area contributed by atoms with Gasteiger partial charge in [0.05, 0.1) is 0 Å². The molecule has 0 radical (unpaired) electrons. The fourth-order valence-electron chi connectivity index (χ4n) is 2.33. The molecule has 3 rings (SSSR count). The van der Waals surface area contributed by atoms with Gasteiger partial charge < -0.3 is 16.8 Å². The van der Waals surface area contributed by atoms with Gasteiger partial charge in [-0.25, -0.2) is 0 Å². The fourth-order valence-corrected chi connectivity index (χ4v) is 2.33. The van der Waals surface area contributed by atoms with Crippen molar-refractivity contribution < 1.29 is 18.0 Å². The number of alkyl halides is 3. The van der Waals surface area contributed by atoms with Crippen LogP contribution in [0.3, 0.4) is 0 Å². The Balaban J connectivity index is 1.99. The van der Waals surface area contributed by atoms with E-state index in [2.05, 4.69) is 20.5 Å². The van der Waals surface area contributed by atoms with Gasteiger partial charge >= 0.3 is 6.18 Å². The standard InChI is InChI=1S/C16H13F3N6O/c17-16(18,19)11-7-10(5-6-22-11)23-15-12(14(21)26)13(24-25-15)8-1-3-9(20)4-2-8/h1-7H,20H2,(H2,21,26)(H2,22,23,24,25). The molecule has 10 heteroatoms. The maximum Gasteiger partial charge on any atom is 0.433 e. The molecule has 134 valence electrons. The van der Waals surface area contributed by atoms with Gasteiger partial charge in [0.1, 0.15) is 22.8 Å². The number of nitrogen functional groups attached to an aromatic ring is 1. The largest absolute Gasteiger partial charge is 0.433 e. The molecule has 0 aliphatic rings. The lowest BCUT2D eigenvalue weighted by Gasteiger charge is -2.09. The molecule has 7 nitrogen and oxygen atoms in total. The lowest BCUT2D eigenvalue weighted by molar-refractivity contribution is -0.141. The second kappa shape index (κ2) is 6.39. The predicted octanol–water partition coefficient (Wildman–Crippen LogP) is 2.92. The van der Waals surface area contributed by atoms with Crippen LogP contribution in [-0.4, -0.2) is 21.1 Å². The van der Waals surface area contributed by atoms with Crippen LogP contribution in [0.15, 0.2) is 42.6 Å². The summed E-state index contributed by atoms with van der Waals surface area (Å²) in [5.74, 6) is -0.721. The van der Waals surface area contributed by atoms with Gasteiger partial charge in [-0.2, -0.15) is 18.3 Å². The Kier molecular flexibility index (Phi) is 4.24. The molecule has 6 N–H and O–H groups in total. The van der Waals surface area contributed by atoms with Gasteiger partial charge in [-0.05, 0) is 24.3 Å². The van der Waals surface area contributed by atoms with E-state index in [0.717, 1.165) is 12.3 Å². The molecule has 0 aliphatic carbocycles. The van der Waals surface area contributed by atoms with Gasteiger partial charge in [-0.15, -0.1) is 0 Å². The second-order valence-electron chi connectivity index (χ2n) is 5.36. The Morgan fingerprint density at radius 1 is 1.15 bits per heavy atom. The smallest absolute Gasteiger partial charge is 0.399 e. The molecule has 0 saturated heterocycles. The van der Waals surface area contributed by atoms with Crippen molar-refractivity contribution >= 4 is 23.1 Å². The minimum absolute atomic E-state index is 0.0140. The molecule has 1 amide bonds. The number of aromatic amines is 1. The van der Waals surface area contributed by atoms with E-state index in [-0.39, 0.29) is 22.8 Å². The molecule has 2 heterocycles. The first-order valence-electron chi connectivity index (χ1n) is 7.30. The number of nitrogens with one attached hydrogen (secondary N) is 2. The molecule has 0 fully saturated rings. The molecule has 3 aromatic rings. The molecule has 0 bridgehead atoms. The third-order valence-electron chi connectivity index (χ3n) is 3.52. The van der Waals surface area contributed by atoms with Crippen LogP contribution in [0.25, 0.3) is 11.3 Å². The number of hydrogen-bond donors (Lipinski definition) is 4. The first kappa shape index (κ1) is 17.3. The highest BCUT2D eigenvalue weighted by Crippen LogP contribution is 2.32. The summed E-state index contributed by atoms with van der Waals surface area (Å²) < 4.78 is 38.3. The summed E-state index contributed by atoms with van der Waals surface area (Å²) in [7, 11) is 0. The van der Waals surface area contributed by atoms with Crippen LogP contribution in [0.4, 0.5) is 30.4 Å². The van der Waals surface area contributed by atoms with E-state index in [9.17, 15) is 18.0 Å². The molecule has 0 atom stereocenters. The summed E-state index contributed by atoms with van der Waals surface area (Å²) >= 11 is 0. The quantitative estimate of drug-likeness (QED) is 0.532. The summed E-state index contributed by atoms with van der Waals surface area (Å²) in [5.41, 5.74) is 11.4. The number of aromatic nitrogens is 3. The molecular formula is C16H13F3N6O. The normalized spacial score (nSPS) is 11.3. The molecule has 26 heavy (non-hydrogen) atoms. The topological polar surface area (TPSA) is 123 Å². The number of anilines is 3. The number of rotatable bonds is 4. The lowest BCUT2D eigenvalue weighted by atomic mass is 10.1. The number of primary amides is 1. The number of halogens is 3. The van der Waals surface area contributed by atoms with Gasteiger partial charge in [0.15, 0.2) is 0 Å². The predicted molar refractivity (Wildman–Crippen MR) is 89.5 cm³/mol. The number of nitrogens with two attached hydrogens (primary N) is 2. The summed E-state index contributed by atoms with van der Waals surface area (Å²) in [6.45, 7) is 0. The van der Waals surface area contributed by atoms with E-state index < -0.39 is 17.8 Å². The van der Waals surface area contributed by atoms with Gasteiger partial charge in [0.25, 0.3) is 5.91 Å². The number of carbonyl (C=O) groups excluding carboxylic acids is 1. The van der Waals surface area contributed by atoms with Crippen LogP contribution in [0.2, 0.25) is 0 Å². The SMILES string of the molecule is NC(=O)c1c(-c2ccc(N)cc2)n[nH]c1Nc1ccnc(C(F)(F)F)c1. The van der Waals surface area contributed by atoms with Crippen LogP contribution in [0.5, 0.6) is 0 Å². The Morgan fingerprint density at radius 2 is 1.85 bits per heavy atom. The van der Waals surface area contributed by atoms with Crippen molar-refractivity contribution in [1.29, 1.82) is 0 Å². The van der Waals surface area contributed by atoms with Gasteiger partial charge in [0.2, 0.25) is 0 Å². The monoisotopic (exact) mass is 362 g/mol. The van der Waals surface area contributed by atoms with E-state index in [0.29, 0.717) is 11.3 Å². The molecule has 0 unspecified atom stereocenters. The van der Waals surface area contributed by atoms with Crippen LogP contribution in [0.1, 0.15) is 16.1 Å². The van der Waals surface area contributed by atoms with Crippen molar-refractivity contribution in [3.05, 3.63) is 53.9 Å². The highest BCUT2D eigenvalue weighted by atomic mass is 19.4. The van der Waals surface area contributed by atoms with Crippen molar-refractivity contribution in [3.8, 4) is 11.3 Å². The molecule has 0 saturated carbocycles. The van der Waals surface area contributed by atoms with Crippen molar-refractivity contribution in [1.82, 2.24) is 15.2 Å². The van der Waals surface area contributed by atoms with Crippen LogP contribution in [-0.2, 0) is 6.18 Å². The molecule has 1 aromatic carbocycles. The number of pyridine rings is 1. The maximum absolute atomic E-state index is 12.8. The minimum Gasteiger partial charge on any atom is -0.399 e. The average molecular weight is 362 g/mol. The maximum atomic E-state index is 12.8. The number of hydrogen-bond acceptors (Lipinski definition) is 5. The molecule has 0 aliphatic heterocycles. The fraction of sp³-hybridized carbons (Fsp3) is 0.0625. The van der Waals surface area contributed by atoms with Crippen molar-refractivity contribution in [3.63, 3.8) is 0 Å². The van der Waals surface area contributed by atoms with Crippen molar-refractivity contribution in [2.24, 2.45) is 5.73 Å². The van der Waals surface area contributed by atoms with Gasteiger partial charge in [0, 0.05) is 23.1 Å². The first-order valence-corrected chi connectivity index (χ1v) is 7.30. The number of nitrogens with zero attached hydrogens (tertiary/aromatic N) is 2. The number of carbonyl (C=O) groups is 1. The Labute approximate surface area is 145 Å². The molecule has 0 spiro atoms. The highest BCUT2D eigenvalue weighted by molar-refractivity contribution is 6.04. The second-order valence-corrected chi connectivity index (χ2v) is 5.36. The van der Waals surface area contributed by atoms with Gasteiger partial charge in [-0.1, -0.05) is 12.1 Å². The number of amides is 1. The first-order chi connectivity index (χ1) is 12.3. The Bertz CT molecular complexity index is 949. The summed E-state index contributed by atoms with van der Waals surface area (Å²) in [5, 5.41) is 9.30. The zero-order valence-electron chi connectivity index (χ0n) is 13.1. The van der Waals surface area contributed by atoms with Crippen LogP contribution < -0.4 is 16.8 Å². The van der Waals surface area contributed by atoms with Crippen molar-refractivity contribution in [2.45, 2.75) is 6.18 Å². The molecule has 2 aromatic heterocycles. The van der Waals surface area contributed by atoms with Crippen LogP contribution >= 0.6 is 0 Å². The van der Waals surface area contributed by atoms with E-state index in [4.69, 9.17) is 11.5 Å². The third-order valence-corrected chi connectivity index (χ3v) is 3.52. The Hall–Kier alpha value is -3.56.